The topological polar surface area (TPSA) is 49.8 Å². The molecule has 0 aromatic heterocycles. The molecule has 1 N–H and O–H groups in total. The number of anilines is 1. The van der Waals surface area contributed by atoms with Gasteiger partial charge in [-0.1, -0.05) is 24.5 Å². The van der Waals surface area contributed by atoms with Crippen LogP contribution in [0.1, 0.15) is 70.3 Å². The lowest BCUT2D eigenvalue weighted by Gasteiger charge is -2.53. The Labute approximate surface area is 204 Å². The lowest BCUT2D eigenvalue weighted by molar-refractivity contribution is -0.114. The summed E-state index contributed by atoms with van der Waals surface area (Å²) in [6.07, 6.45) is 8.01. The van der Waals surface area contributed by atoms with Crippen LogP contribution in [0.5, 0.6) is 5.75 Å². The Kier molecular flexibility index (Phi) is 5.68. The predicted molar refractivity (Wildman–Crippen MR) is 136 cm³/mol. The van der Waals surface area contributed by atoms with E-state index < -0.39 is 5.60 Å². The number of hydrogen-bond donors (Lipinski definition) is 1. The molecule has 1 aromatic carbocycles. The van der Waals surface area contributed by atoms with Crippen molar-refractivity contribution in [3.05, 3.63) is 46.6 Å². The van der Waals surface area contributed by atoms with Crippen molar-refractivity contribution >= 4 is 11.5 Å². The van der Waals surface area contributed by atoms with Gasteiger partial charge in [-0.05, 0) is 92.2 Å². The van der Waals surface area contributed by atoms with E-state index in [2.05, 4.69) is 41.9 Å². The lowest BCUT2D eigenvalue weighted by Crippen LogP contribution is -2.51. The first-order valence-corrected chi connectivity index (χ1v) is 12.7. The molecule has 5 atom stereocenters. The number of ether oxygens (including phenoxy) is 1. The minimum Gasteiger partial charge on any atom is -0.495 e. The third kappa shape index (κ3) is 3.35. The first kappa shape index (κ1) is 23.2. The number of nitrogens with zero attached hydrogens (tertiary/aromatic N) is 1. The third-order valence-corrected chi connectivity index (χ3v) is 9.31. The fourth-order valence-corrected chi connectivity index (χ4v) is 7.66. The number of ketones is 1. The van der Waals surface area contributed by atoms with Crippen molar-refractivity contribution < 1.29 is 14.6 Å². The zero-order chi connectivity index (χ0) is 24.3. The van der Waals surface area contributed by atoms with Crippen LogP contribution >= 0.6 is 0 Å². The highest BCUT2D eigenvalue weighted by molar-refractivity contribution is 5.93. The number of methoxy groups -OCH3 is 1. The summed E-state index contributed by atoms with van der Waals surface area (Å²) >= 11 is 0. The third-order valence-electron chi connectivity index (χ3n) is 9.31. The van der Waals surface area contributed by atoms with E-state index in [0.717, 1.165) is 50.0 Å². The summed E-state index contributed by atoms with van der Waals surface area (Å²) in [6.45, 7) is 4.12. The van der Waals surface area contributed by atoms with Crippen LogP contribution < -0.4 is 9.64 Å². The molecule has 0 amide bonds. The monoisotopic (exact) mass is 459 g/mol. The number of allylic oxidation sites excluding steroid dienone is 4. The van der Waals surface area contributed by atoms with Crippen molar-refractivity contribution in [2.24, 2.45) is 17.3 Å². The van der Waals surface area contributed by atoms with E-state index in [9.17, 15) is 9.90 Å². The molecule has 4 nitrogen and oxygen atoms in total. The SMILES string of the molecule is CC#C[C@]1(O)CC[C@H]2[C@@H]3CCC4=CC(=O)CCC4=C3[C@@H](c3ccc(N(C)C)c(OC)c3)C[C@@]21C. The number of hydrogen-bond acceptors (Lipinski definition) is 4. The van der Waals surface area contributed by atoms with Crippen LogP contribution in [-0.2, 0) is 4.79 Å². The molecule has 0 radical (unpaired) electrons. The van der Waals surface area contributed by atoms with E-state index >= 15 is 0 Å². The molecule has 0 heterocycles. The molecule has 0 saturated heterocycles. The Bertz CT molecular complexity index is 1150. The molecule has 4 aliphatic carbocycles. The van der Waals surface area contributed by atoms with Crippen LogP contribution in [0.15, 0.2) is 41.0 Å². The van der Waals surface area contributed by atoms with Gasteiger partial charge in [-0.3, -0.25) is 4.79 Å². The van der Waals surface area contributed by atoms with Crippen molar-refractivity contribution in [2.45, 2.75) is 70.3 Å². The number of rotatable bonds is 3. The van der Waals surface area contributed by atoms with Gasteiger partial charge in [-0.15, -0.1) is 5.92 Å². The molecular weight excluding hydrogens is 422 g/mol. The number of fused-ring (bicyclic) bond motifs is 4. The first-order valence-electron chi connectivity index (χ1n) is 12.7. The predicted octanol–water partition coefficient (Wildman–Crippen LogP) is 5.42. The Balaban J connectivity index is 1.70. The molecule has 34 heavy (non-hydrogen) atoms. The lowest BCUT2D eigenvalue weighted by atomic mass is 9.51. The van der Waals surface area contributed by atoms with Crippen LogP contribution in [0, 0.1) is 29.1 Å². The molecule has 5 rings (SSSR count). The molecule has 4 aliphatic rings. The van der Waals surface area contributed by atoms with Gasteiger partial charge in [0.15, 0.2) is 5.78 Å². The van der Waals surface area contributed by atoms with E-state index in [1.807, 2.05) is 27.1 Å². The molecule has 2 saturated carbocycles. The maximum atomic E-state index is 12.2. The quantitative estimate of drug-likeness (QED) is 0.614. The first-order chi connectivity index (χ1) is 16.2. The van der Waals surface area contributed by atoms with E-state index in [-0.39, 0.29) is 17.1 Å². The maximum absolute atomic E-state index is 12.2. The summed E-state index contributed by atoms with van der Waals surface area (Å²) in [5.41, 5.74) is 5.29. The van der Waals surface area contributed by atoms with Gasteiger partial charge in [0, 0.05) is 31.8 Å². The summed E-state index contributed by atoms with van der Waals surface area (Å²) in [7, 11) is 5.79. The number of aliphatic hydroxyl groups is 1. The number of carbonyl (C=O) groups excluding carboxylic acids is 1. The van der Waals surface area contributed by atoms with Crippen molar-refractivity contribution in [3.8, 4) is 17.6 Å². The Morgan fingerprint density at radius 3 is 2.68 bits per heavy atom. The second-order valence-corrected chi connectivity index (χ2v) is 11.1. The second-order valence-electron chi connectivity index (χ2n) is 11.1. The molecule has 4 heteroatoms. The van der Waals surface area contributed by atoms with Crippen LogP contribution in [-0.4, -0.2) is 37.7 Å². The Morgan fingerprint density at radius 1 is 1.18 bits per heavy atom. The summed E-state index contributed by atoms with van der Waals surface area (Å²) < 4.78 is 5.80. The summed E-state index contributed by atoms with van der Waals surface area (Å²) in [5, 5.41) is 11.8. The molecule has 180 valence electrons. The minimum absolute atomic E-state index is 0.187. The normalized spacial score (nSPS) is 34.4. The van der Waals surface area contributed by atoms with Crippen molar-refractivity contribution in [2.75, 3.05) is 26.1 Å². The number of carbonyl (C=O) groups is 1. The van der Waals surface area contributed by atoms with Gasteiger partial charge in [0.25, 0.3) is 0 Å². The average Bonchev–Trinajstić information content (AvgIpc) is 3.08. The Morgan fingerprint density at radius 2 is 1.97 bits per heavy atom. The molecule has 0 bridgehead atoms. The second kappa shape index (κ2) is 8.31. The molecular formula is C30H37NO3. The van der Waals surface area contributed by atoms with Gasteiger partial charge in [0.05, 0.1) is 12.8 Å². The zero-order valence-electron chi connectivity index (χ0n) is 21.2. The highest BCUT2D eigenvalue weighted by Crippen LogP contribution is 2.66. The van der Waals surface area contributed by atoms with Gasteiger partial charge >= 0.3 is 0 Å². The van der Waals surface area contributed by atoms with Crippen molar-refractivity contribution in [1.29, 1.82) is 0 Å². The van der Waals surface area contributed by atoms with Gasteiger partial charge in [0.2, 0.25) is 0 Å². The molecule has 2 fully saturated rings. The minimum atomic E-state index is -0.951. The largest absolute Gasteiger partial charge is 0.495 e. The molecule has 0 aliphatic heterocycles. The standard InChI is InChI=1S/C30H37NO3/c1-6-14-30(33)15-13-25-23-10-7-19-16-21(32)9-11-22(19)28(23)24(18-29(25,30)2)20-8-12-26(31(3)4)27(17-20)34-5/h8,12,16-17,23-25,33H,7,9-11,13,15,18H2,1-5H3/t23-,24+,25-,29-,30-/m0/s1. The van der Waals surface area contributed by atoms with Crippen LogP contribution in [0.3, 0.4) is 0 Å². The highest BCUT2D eigenvalue weighted by atomic mass is 16.5. The van der Waals surface area contributed by atoms with Crippen LogP contribution in [0.4, 0.5) is 5.69 Å². The Hall–Kier alpha value is -2.51. The van der Waals surface area contributed by atoms with E-state index in [1.165, 1.54) is 22.3 Å². The van der Waals surface area contributed by atoms with Gasteiger partial charge in [0.1, 0.15) is 11.4 Å². The van der Waals surface area contributed by atoms with Crippen molar-refractivity contribution in [1.82, 2.24) is 0 Å². The van der Waals surface area contributed by atoms with E-state index in [1.54, 1.807) is 7.11 Å². The van der Waals surface area contributed by atoms with Gasteiger partial charge in [-0.2, -0.15) is 0 Å². The highest BCUT2D eigenvalue weighted by Gasteiger charge is 2.62. The average molecular weight is 460 g/mol. The van der Waals surface area contributed by atoms with Gasteiger partial charge < -0.3 is 14.7 Å². The maximum Gasteiger partial charge on any atom is 0.156 e. The van der Waals surface area contributed by atoms with Gasteiger partial charge in [-0.25, -0.2) is 0 Å². The summed E-state index contributed by atoms with van der Waals surface area (Å²) in [6, 6.07) is 6.58. The summed E-state index contributed by atoms with van der Waals surface area (Å²) in [4.78, 5) is 14.3. The fraction of sp³-hybridized carbons (Fsp3) is 0.567. The molecule has 0 unspecified atom stereocenters. The molecule has 0 spiro atoms. The number of benzene rings is 1. The summed E-state index contributed by atoms with van der Waals surface area (Å²) in [5.74, 6) is 8.44. The fourth-order valence-electron chi connectivity index (χ4n) is 7.66. The van der Waals surface area contributed by atoms with E-state index in [4.69, 9.17) is 4.74 Å². The van der Waals surface area contributed by atoms with Crippen molar-refractivity contribution in [3.63, 3.8) is 0 Å². The smallest absolute Gasteiger partial charge is 0.156 e. The van der Waals surface area contributed by atoms with E-state index in [0.29, 0.717) is 18.3 Å². The zero-order valence-corrected chi connectivity index (χ0v) is 21.2. The van der Waals surface area contributed by atoms with Crippen LogP contribution in [0.25, 0.3) is 0 Å². The molecule has 1 aromatic rings. The van der Waals surface area contributed by atoms with Crippen LogP contribution in [0.2, 0.25) is 0 Å².